The molecule has 0 aliphatic carbocycles. The molecule has 0 aromatic rings. The summed E-state index contributed by atoms with van der Waals surface area (Å²) in [4.78, 5) is 11.2. The predicted molar refractivity (Wildman–Crippen MR) is 49.9 cm³/mol. The number of ketones is 1. The molecule has 0 spiro atoms. The first-order valence-electron chi connectivity index (χ1n) is 4.30. The summed E-state index contributed by atoms with van der Waals surface area (Å²) in [5, 5.41) is 9.33. The van der Waals surface area contributed by atoms with Crippen molar-refractivity contribution < 1.29 is 9.90 Å². The van der Waals surface area contributed by atoms with Gasteiger partial charge in [-0.3, -0.25) is 4.79 Å². The summed E-state index contributed by atoms with van der Waals surface area (Å²) in [6, 6.07) is 0. The molecule has 2 heteroatoms. The van der Waals surface area contributed by atoms with Gasteiger partial charge in [-0.25, -0.2) is 0 Å². The number of carbonyl (C=O) groups excluding carboxylic acids is 1. The molecule has 1 unspecified atom stereocenters. The second kappa shape index (κ2) is 5.09. The molecule has 0 aromatic heterocycles. The smallest absolute Gasteiger partial charge is 0.161 e. The maximum atomic E-state index is 11.2. The van der Waals surface area contributed by atoms with Gasteiger partial charge < -0.3 is 5.11 Å². The molecule has 1 atom stereocenters. The van der Waals surface area contributed by atoms with E-state index in [1.54, 1.807) is 0 Å². The third-order valence-corrected chi connectivity index (χ3v) is 1.76. The Kier molecular flexibility index (Phi) is 4.83. The second-order valence-corrected chi connectivity index (χ2v) is 3.61. The minimum absolute atomic E-state index is 0.0163. The zero-order valence-electron chi connectivity index (χ0n) is 8.13. The van der Waals surface area contributed by atoms with Crippen LogP contribution in [0.1, 0.15) is 33.6 Å². The molecule has 0 amide bonds. The fraction of sp³-hybridized carbons (Fsp3) is 0.700. The topological polar surface area (TPSA) is 37.3 Å². The van der Waals surface area contributed by atoms with Gasteiger partial charge in [-0.2, -0.15) is 0 Å². The summed E-state index contributed by atoms with van der Waals surface area (Å²) < 4.78 is 0. The normalized spacial score (nSPS) is 13.1. The standard InChI is InChI=1S/C10H18O2/c1-7(2)5-6-9(11)10(12)8(3)4/h8,10,12H,1,5-6H2,2-4H3. The van der Waals surface area contributed by atoms with Gasteiger partial charge in [-0.15, -0.1) is 6.58 Å². The molecule has 0 radical (unpaired) electrons. The van der Waals surface area contributed by atoms with Crippen LogP contribution in [0.4, 0.5) is 0 Å². The third-order valence-electron chi connectivity index (χ3n) is 1.76. The summed E-state index contributed by atoms with van der Waals surface area (Å²) in [5.41, 5.74) is 0.985. The van der Waals surface area contributed by atoms with E-state index in [2.05, 4.69) is 6.58 Å². The second-order valence-electron chi connectivity index (χ2n) is 3.61. The van der Waals surface area contributed by atoms with Crippen molar-refractivity contribution >= 4 is 5.78 Å². The number of aliphatic hydroxyl groups is 1. The maximum absolute atomic E-state index is 11.2. The maximum Gasteiger partial charge on any atom is 0.161 e. The number of rotatable bonds is 5. The summed E-state index contributed by atoms with van der Waals surface area (Å²) in [6.45, 7) is 9.25. The van der Waals surface area contributed by atoms with Gasteiger partial charge in [0.05, 0.1) is 0 Å². The Morgan fingerprint density at radius 3 is 2.25 bits per heavy atom. The van der Waals surface area contributed by atoms with Gasteiger partial charge in [0.15, 0.2) is 5.78 Å². The molecule has 0 aromatic carbocycles. The number of Topliss-reactive ketones (excluding diaryl/α,β-unsaturated/α-hetero) is 1. The Morgan fingerprint density at radius 1 is 1.42 bits per heavy atom. The van der Waals surface area contributed by atoms with Crippen molar-refractivity contribution in [3.63, 3.8) is 0 Å². The molecule has 0 saturated carbocycles. The van der Waals surface area contributed by atoms with Crippen LogP contribution in [0.25, 0.3) is 0 Å². The van der Waals surface area contributed by atoms with E-state index in [1.165, 1.54) is 0 Å². The van der Waals surface area contributed by atoms with Gasteiger partial charge in [0, 0.05) is 6.42 Å². The van der Waals surface area contributed by atoms with Gasteiger partial charge >= 0.3 is 0 Å². The van der Waals surface area contributed by atoms with Crippen molar-refractivity contribution in [3.8, 4) is 0 Å². The molecule has 0 saturated heterocycles. The van der Waals surface area contributed by atoms with Gasteiger partial charge in [-0.1, -0.05) is 19.4 Å². The molecule has 0 aliphatic rings. The lowest BCUT2D eigenvalue weighted by atomic mass is 9.99. The molecule has 1 N–H and O–H groups in total. The van der Waals surface area contributed by atoms with E-state index in [0.717, 1.165) is 5.57 Å². The fourth-order valence-corrected chi connectivity index (χ4v) is 0.856. The minimum Gasteiger partial charge on any atom is -0.385 e. The van der Waals surface area contributed by atoms with Gasteiger partial charge in [0.25, 0.3) is 0 Å². The Hall–Kier alpha value is -0.630. The van der Waals surface area contributed by atoms with Crippen LogP contribution in [0.3, 0.4) is 0 Å². The fourth-order valence-electron chi connectivity index (χ4n) is 0.856. The molecule has 0 heterocycles. The van der Waals surface area contributed by atoms with Crippen molar-refractivity contribution in [1.82, 2.24) is 0 Å². The lowest BCUT2D eigenvalue weighted by Crippen LogP contribution is -2.25. The molecule has 70 valence electrons. The third kappa shape index (κ3) is 4.29. The first-order valence-corrected chi connectivity index (χ1v) is 4.30. The number of allylic oxidation sites excluding steroid dienone is 1. The molecule has 0 bridgehead atoms. The summed E-state index contributed by atoms with van der Waals surface area (Å²) in [5.74, 6) is -0.0596. The van der Waals surface area contributed by atoms with Crippen LogP contribution in [0.5, 0.6) is 0 Å². The summed E-state index contributed by atoms with van der Waals surface area (Å²) in [6.07, 6.45) is 0.293. The van der Waals surface area contributed by atoms with Crippen molar-refractivity contribution in [2.45, 2.75) is 39.7 Å². The highest BCUT2D eigenvalue weighted by atomic mass is 16.3. The van der Waals surface area contributed by atoms with Crippen molar-refractivity contribution in [3.05, 3.63) is 12.2 Å². The highest BCUT2D eigenvalue weighted by molar-refractivity contribution is 5.83. The molecule has 2 nitrogen and oxygen atoms in total. The van der Waals surface area contributed by atoms with Crippen LogP contribution in [0, 0.1) is 5.92 Å². The molecular weight excluding hydrogens is 152 g/mol. The van der Waals surface area contributed by atoms with Crippen molar-refractivity contribution in [2.75, 3.05) is 0 Å². The Balaban J connectivity index is 3.80. The monoisotopic (exact) mass is 170 g/mol. The van der Waals surface area contributed by atoms with Crippen molar-refractivity contribution in [2.24, 2.45) is 5.92 Å². The van der Waals surface area contributed by atoms with E-state index in [4.69, 9.17) is 0 Å². The molecule has 0 rings (SSSR count). The molecule has 12 heavy (non-hydrogen) atoms. The van der Waals surface area contributed by atoms with Gasteiger partial charge in [0.2, 0.25) is 0 Å². The highest BCUT2D eigenvalue weighted by Gasteiger charge is 2.17. The molecule has 0 aliphatic heterocycles. The highest BCUT2D eigenvalue weighted by Crippen LogP contribution is 2.08. The van der Waals surface area contributed by atoms with Crippen LogP contribution in [0.15, 0.2) is 12.2 Å². The van der Waals surface area contributed by atoms with E-state index in [0.29, 0.717) is 12.8 Å². The number of aliphatic hydroxyl groups excluding tert-OH is 1. The summed E-state index contributed by atoms with van der Waals surface area (Å²) >= 11 is 0. The van der Waals surface area contributed by atoms with Crippen molar-refractivity contribution in [1.29, 1.82) is 0 Å². The Labute approximate surface area is 74.3 Å². The van der Waals surface area contributed by atoms with E-state index in [1.807, 2.05) is 20.8 Å². The van der Waals surface area contributed by atoms with Gasteiger partial charge in [0.1, 0.15) is 6.10 Å². The zero-order valence-corrected chi connectivity index (χ0v) is 8.13. The van der Waals surface area contributed by atoms with Crippen LogP contribution in [0.2, 0.25) is 0 Å². The average molecular weight is 170 g/mol. The lowest BCUT2D eigenvalue weighted by Gasteiger charge is -2.12. The Morgan fingerprint density at radius 2 is 1.92 bits per heavy atom. The van der Waals surface area contributed by atoms with E-state index < -0.39 is 6.10 Å². The predicted octanol–water partition coefficient (Wildman–Crippen LogP) is 1.93. The zero-order chi connectivity index (χ0) is 9.72. The Bertz CT molecular complexity index is 171. The van der Waals surface area contributed by atoms with Crippen LogP contribution in [-0.4, -0.2) is 17.0 Å². The van der Waals surface area contributed by atoms with E-state index in [9.17, 15) is 9.90 Å². The number of hydrogen-bond donors (Lipinski definition) is 1. The van der Waals surface area contributed by atoms with E-state index in [-0.39, 0.29) is 11.7 Å². The lowest BCUT2D eigenvalue weighted by molar-refractivity contribution is -0.129. The summed E-state index contributed by atoms with van der Waals surface area (Å²) in [7, 11) is 0. The molecular formula is C10H18O2. The van der Waals surface area contributed by atoms with Crippen LogP contribution in [-0.2, 0) is 4.79 Å². The minimum atomic E-state index is -0.802. The number of carbonyl (C=O) groups is 1. The quantitative estimate of drug-likeness (QED) is 0.640. The first-order chi connectivity index (χ1) is 5.45. The largest absolute Gasteiger partial charge is 0.385 e. The molecule has 0 fully saturated rings. The van der Waals surface area contributed by atoms with Gasteiger partial charge in [-0.05, 0) is 19.3 Å². The SMILES string of the molecule is C=C(C)CCC(=O)C(O)C(C)C. The van der Waals surface area contributed by atoms with E-state index >= 15 is 0 Å². The first kappa shape index (κ1) is 11.4. The number of hydrogen-bond acceptors (Lipinski definition) is 2. The van der Waals surface area contributed by atoms with Crippen LogP contribution >= 0.6 is 0 Å². The average Bonchev–Trinajstić information content (AvgIpc) is 1.98. The van der Waals surface area contributed by atoms with Crippen LogP contribution < -0.4 is 0 Å².